The lowest BCUT2D eigenvalue weighted by Gasteiger charge is -2.42. The van der Waals surface area contributed by atoms with Crippen molar-refractivity contribution in [1.29, 1.82) is 0 Å². The first-order valence-corrected chi connectivity index (χ1v) is 7.15. The van der Waals surface area contributed by atoms with E-state index in [0.29, 0.717) is 5.69 Å². The number of hydrogen-bond donors (Lipinski definition) is 1. The third-order valence-electron chi connectivity index (χ3n) is 4.21. The van der Waals surface area contributed by atoms with Gasteiger partial charge < -0.3 is 14.6 Å². The highest BCUT2D eigenvalue weighted by Crippen LogP contribution is 2.45. The summed E-state index contributed by atoms with van der Waals surface area (Å²) in [6, 6.07) is 4.95. The van der Waals surface area contributed by atoms with Gasteiger partial charge in [0.15, 0.2) is 5.78 Å². The minimum Gasteiger partial charge on any atom is -0.469 e. The molecule has 0 spiro atoms. The molecule has 124 valence electrons. The molecule has 0 aromatic carbocycles. The van der Waals surface area contributed by atoms with Gasteiger partial charge in [-0.05, 0) is 19.1 Å². The fourth-order valence-corrected chi connectivity index (χ4v) is 3.20. The lowest BCUT2D eigenvalue weighted by Crippen LogP contribution is -2.55. The average Bonchev–Trinajstić information content (AvgIpc) is 2.52. The van der Waals surface area contributed by atoms with E-state index in [1.165, 1.54) is 27.3 Å². The van der Waals surface area contributed by atoms with Gasteiger partial charge in [0.25, 0.3) is 0 Å². The van der Waals surface area contributed by atoms with Crippen molar-refractivity contribution in [3.63, 3.8) is 0 Å². The Labute approximate surface area is 133 Å². The third-order valence-corrected chi connectivity index (χ3v) is 4.21. The molecule has 0 amide bonds. The van der Waals surface area contributed by atoms with Gasteiger partial charge in [-0.2, -0.15) is 0 Å². The van der Waals surface area contributed by atoms with E-state index in [2.05, 4.69) is 4.98 Å². The van der Waals surface area contributed by atoms with Crippen LogP contribution in [0.15, 0.2) is 24.4 Å². The first-order valence-electron chi connectivity index (χ1n) is 7.15. The number of rotatable bonds is 3. The van der Waals surface area contributed by atoms with Crippen molar-refractivity contribution >= 4 is 17.7 Å². The van der Waals surface area contributed by atoms with Crippen molar-refractivity contribution < 1.29 is 29.0 Å². The van der Waals surface area contributed by atoms with E-state index < -0.39 is 41.1 Å². The summed E-state index contributed by atoms with van der Waals surface area (Å²) in [6.07, 6.45) is 1.15. The molecular weight excluding hydrogens is 302 g/mol. The Morgan fingerprint density at radius 1 is 1.26 bits per heavy atom. The molecule has 1 saturated carbocycles. The topological polar surface area (TPSA) is 103 Å². The fourth-order valence-electron chi connectivity index (χ4n) is 3.20. The number of carbonyl (C=O) groups is 3. The van der Waals surface area contributed by atoms with Crippen LogP contribution in [-0.2, 0) is 23.9 Å². The molecule has 1 aromatic heterocycles. The zero-order valence-corrected chi connectivity index (χ0v) is 13.2. The van der Waals surface area contributed by atoms with E-state index in [1.807, 2.05) is 0 Å². The number of hydrogen-bond acceptors (Lipinski definition) is 7. The first-order chi connectivity index (χ1) is 10.8. The predicted octanol–water partition coefficient (Wildman–Crippen LogP) is 0.467. The van der Waals surface area contributed by atoms with Gasteiger partial charge >= 0.3 is 11.9 Å². The molecule has 0 aliphatic heterocycles. The number of aromatic nitrogens is 1. The lowest BCUT2D eigenvalue weighted by atomic mass is 9.62. The molecule has 1 aliphatic rings. The zero-order chi connectivity index (χ0) is 17.2. The van der Waals surface area contributed by atoms with Gasteiger partial charge in [-0.3, -0.25) is 19.4 Å². The molecule has 0 bridgehead atoms. The number of esters is 2. The summed E-state index contributed by atoms with van der Waals surface area (Å²) in [5, 5.41) is 10.6. The Kier molecular flexibility index (Phi) is 4.79. The largest absolute Gasteiger partial charge is 0.469 e. The van der Waals surface area contributed by atoms with Crippen molar-refractivity contribution in [2.45, 2.75) is 24.9 Å². The molecule has 0 saturated heterocycles. The molecule has 1 heterocycles. The molecule has 0 radical (unpaired) electrons. The third kappa shape index (κ3) is 3.10. The second kappa shape index (κ2) is 6.45. The molecule has 2 rings (SSSR count). The highest BCUT2D eigenvalue weighted by molar-refractivity contribution is 6.02. The Hall–Kier alpha value is -2.28. The Morgan fingerprint density at radius 3 is 2.43 bits per heavy atom. The predicted molar refractivity (Wildman–Crippen MR) is 78.2 cm³/mol. The van der Waals surface area contributed by atoms with Crippen LogP contribution in [0.5, 0.6) is 0 Å². The molecule has 7 heteroatoms. The number of nitrogens with zero attached hydrogens (tertiary/aromatic N) is 1. The van der Waals surface area contributed by atoms with Crippen LogP contribution in [0.2, 0.25) is 0 Å². The average molecular weight is 321 g/mol. The number of aliphatic hydroxyl groups is 1. The van der Waals surface area contributed by atoms with Gasteiger partial charge in [0.2, 0.25) is 0 Å². The van der Waals surface area contributed by atoms with Gasteiger partial charge in [0, 0.05) is 24.2 Å². The number of carbonyl (C=O) groups excluding carboxylic acids is 3. The maximum absolute atomic E-state index is 12.4. The number of pyridine rings is 1. The Balaban J connectivity index is 2.61. The van der Waals surface area contributed by atoms with Crippen molar-refractivity contribution in [1.82, 2.24) is 4.98 Å². The molecule has 1 N–H and O–H groups in total. The van der Waals surface area contributed by atoms with Crippen LogP contribution in [-0.4, -0.2) is 47.6 Å². The summed E-state index contributed by atoms with van der Waals surface area (Å²) in [5.41, 5.74) is -1.29. The van der Waals surface area contributed by atoms with Crippen LogP contribution in [0.3, 0.4) is 0 Å². The summed E-state index contributed by atoms with van der Waals surface area (Å²) in [5.74, 6) is -5.21. The quantitative estimate of drug-likeness (QED) is 0.637. The molecular formula is C16H19NO6. The smallest absolute Gasteiger partial charge is 0.316 e. The first kappa shape index (κ1) is 17.1. The lowest BCUT2D eigenvalue weighted by molar-refractivity contribution is -0.170. The molecule has 23 heavy (non-hydrogen) atoms. The van der Waals surface area contributed by atoms with Crippen molar-refractivity contribution in [2.75, 3.05) is 14.2 Å². The van der Waals surface area contributed by atoms with Crippen LogP contribution in [0.25, 0.3) is 0 Å². The number of ether oxygens (including phenoxy) is 2. The van der Waals surface area contributed by atoms with Gasteiger partial charge in [-0.1, -0.05) is 6.07 Å². The van der Waals surface area contributed by atoms with E-state index in [4.69, 9.17) is 9.47 Å². The number of methoxy groups -OCH3 is 2. The minimum absolute atomic E-state index is 0.337. The Bertz CT molecular complexity index is 612. The zero-order valence-electron chi connectivity index (χ0n) is 13.2. The fraction of sp³-hybridized carbons (Fsp3) is 0.500. The Morgan fingerprint density at radius 2 is 1.91 bits per heavy atom. The van der Waals surface area contributed by atoms with E-state index >= 15 is 0 Å². The molecule has 1 fully saturated rings. The van der Waals surface area contributed by atoms with E-state index in [9.17, 15) is 19.5 Å². The van der Waals surface area contributed by atoms with E-state index in [0.717, 1.165) is 0 Å². The maximum atomic E-state index is 12.4. The monoisotopic (exact) mass is 321 g/mol. The van der Waals surface area contributed by atoms with Crippen LogP contribution < -0.4 is 0 Å². The number of ketones is 1. The van der Waals surface area contributed by atoms with Gasteiger partial charge in [0.1, 0.15) is 5.92 Å². The minimum atomic E-state index is -1.64. The van der Waals surface area contributed by atoms with Crippen LogP contribution in [0.4, 0.5) is 0 Å². The van der Waals surface area contributed by atoms with Gasteiger partial charge in [0.05, 0.1) is 25.7 Å². The normalized spacial score (nSPS) is 30.6. The van der Waals surface area contributed by atoms with Crippen LogP contribution in [0.1, 0.15) is 25.0 Å². The van der Waals surface area contributed by atoms with Gasteiger partial charge in [-0.15, -0.1) is 0 Å². The molecule has 4 unspecified atom stereocenters. The maximum Gasteiger partial charge on any atom is 0.316 e. The summed E-state index contributed by atoms with van der Waals surface area (Å²) in [4.78, 5) is 40.9. The second-order valence-electron chi connectivity index (χ2n) is 5.78. The summed E-state index contributed by atoms with van der Waals surface area (Å²) < 4.78 is 9.50. The van der Waals surface area contributed by atoms with E-state index in [1.54, 1.807) is 18.2 Å². The molecule has 1 aromatic rings. The highest BCUT2D eigenvalue weighted by Gasteiger charge is 2.57. The molecule has 4 atom stereocenters. The van der Waals surface area contributed by atoms with Crippen molar-refractivity contribution in [3.05, 3.63) is 30.1 Å². The summed E-state index contributed by atoms with van der Waals surface area (Å²) in [7, 11) is 2.36. The number of Topliss-reactive ketones (excluding diaryl/α,β-unsaturated/α-hetero) is 1. The highest BCUT2D eigenvalue weighted by atomic mass is 16.5. The second-order valence-corrected chi connectivity index (χ2v) is 5.78. The summed E-state index contributed by atoms with van der Waals surface area (Å²) in [6.45, 7) is 1.38. The van der Waals surface area contributed by atoms with Crippen molar-refractivity contribution in [3.8, 4) is 0 Å². The van der Waals surface area contributed by atoms with Crippen molar-refractivity contribution in [2.24, 2.45) is 11.8 Å². The van der Waals surface area contributed by atoms with Crippen LogP contribution in [0, 0.1) is 11.8 Å². The van der Waals surface area contributed by atoms with Gasteiger partial charge in [-0.25, -0.2) is 0 Å². The molecule has 7 nitrogen and oxygen atoms in total. The molecule has 1 aliphatic carbocycles. The van der Waals surface area contributed by atoms with E-state index in [-0.39, 0.29) is 6.42 Å². The van der Waals surface area contributed by atoms with Crippen LogP contribution >= 0.6 is 0 Å². The standard InChI is InChI=1S/C16H19NO6/c1-16(21)8-10(18)12(14(19)22-2)11(13(16)15(20)23-3)9-6-4-5-7-17-9/h4-7,11-13,21H,8H2,1-3H3. The SMILES string of the molecule is COC(=O)C1C(=O)CC(C)(O)C(C(=O)OC)C1c1ccccn1. The summed E-state index contributed by atoms with van der Waals surface area (Å²) >= 11 is 0.